The number of rotatable bonds is 3. The van der Waals surface area contributed by atoms with E-state index < -0.39 is 0 Å². The SMILES string of the molecule is CCC1(CC)CCN(C(=O)c2ccc(N)cc2Cl)C1.Cl. The molecule has 1 aliphatic rings. The van der Waals surface area contributed by atoms with Crippen LogP contribution in [0.5, 0.6) is 0 Å². The number of hydrogen-bond acceptors (Lipinski definition) is 2. The van der Waals surface area contributed by atoms with Crippen molar-refractivity contribution in [2.75, 3.05) is 18.8 Å². The molecule has 0 atom stereocenters. The van der Waals surface area contributed by atoms with Gasteiger partial charge in [-0.15, -0.1) is 12.4 Å². The third-order valence-corrected chi connectivity index (χ3v) is 4.76. The molecular weight excluding hydrogens is 295 g/mol. The van der Waals surface area contributed by atoms with Gasteiger partial charge >= 0.3 is 0 Å². The Morgan fingerprint density at radius 1 is 1.40 bits per heavy atom. The maximum atomic E-state index is 12.5. The molecule has 5 heteroatoms. The van der Waals surface area contributed by atoms with Gasteiger partial charge < -0.3 is 10.6 Å². The second-order valence-electron chi connectivity index (χ2n) is 5.42. The molecule has 0 aromatic heterocycles. The highest BCUT2D eigenvalue weighted by atomic mass is 35.5. The van der Waals surface area contributed by atoms with E-state index >= 15 is 0 Å². The van der Waals surface area contributed by atoms with E-state index in [0.29, 0.717) is 16.3 Å². The van der Waals surface area contributed by atoms with Crippen molar-refractivity contribution in [3.63, 3.8) is 0 Å². The molecule has 20 heavy (non-hydrogen) atoms. The van der Waals surface area contributed by atoms with Crippen LogP contribution in [0.15, 0.2) is 18.2 Å². The molecule has 1 saturated heterocycles. The molecule has 0 aliphatic carbocycles. The average molecular weight is 317 g/mol. The Morgan fingerprint density at radius 3 is 2.55 bits per heavy atom. The van der Waals surface area contributed by atoms with Gasteiger partial charge in [-0.2, -0.15) is 0 Å². The summed E-state index contributed by atoms with van der Waals surface area (Å²) in [6, 6.07) is 5.08. The fraction of sp³-hybridized carbons (Fsp3) is 0.533. The number of nitrogens with zero attached hydrogens (tertiary/aromatic N) is 1. The zero-order chi connectivity index (χ0) is 14.0. The van der Waals surface area contributed by atoms with Crippen LogP contribution in [0.1, 0.15) is 43.5 Å². The number of anilines is 1. The van der Waals surface area contributed by atoms with Crippen molar-refractivity contribution in [3.8, 4) is 0 Å². The Kier molecular flexibility index (Phi) is 5.72. The predicted molar refractivity (Wildman–Crippen MR) is 86.6 cm³/mol. The Labute approximate surface area is 131 Å². The summed E-state index contributed by atoms with van der Waals surface area (Å²) < 4.78 is 0. The third kappa shape index (κ3) is 3.21. The number of benzene rings is 1. The van der Waals surface area contributed by atoms with E-state index in [-0.39, 0.29) is 23.7 Å². The number of amides is 1. The van der Waals surface area contributed by atoms with E-state index in [4.69, 9.17) is 17.3 Å². The molecule has 0 bridgehead atoms. The van der Waals surface area contributed by atoms with E-state index in [0.717, 1.165) is 32.4 Å². The van der Waals surface area contributed by atoms with Crippen LogP contribution >= 0.6 is 24.0 Å². The molecule has 1 fully saturated rings. The van der Waals surface area contributed by atoms with E-state index in [1.807, 2.05) is 4.90 Å². The van der Waals surface area contributed by atoms with E-state index in [1.165, 1.54) is 0 Å². The largest absolute Gasteiger partial charge is 0.399 e. The number of hydrogen-bond donors (Lipinski definition) is 1. The Morgan fingerprint density at radius 2 is 2.05 bits per heavy atom. The number of nitrogen functional groups attached to an aromatic ring is 1. The topological polar surface area (TPSA) is 46.3 Å². The van der Waals surface area contributed by atoms with Crippen LogP contribution in [0.25, 0.3) is 0 Å². The average Bonchev–Trinajstić information content (AvgIpc) is 2.83. The highest BCUT2D eigenvalue weighted by Gasteiger charge is 2.37. The summed E-state index contributed by atoms with van der Waals surface area (Å²) in [4.78, 5) is 14.4. The fourth-order valence-corrected chi connectivity index (χ4v) is 3.08. The molecule has 0 saturated carbocycles. The minimum Gasteiger partial charge on any atom is -0.399 e. The lowest BCUT2D eigenvalue weighted by atomic mass is 9.82. The zero-order valence-corrected chi connectivity index (χ0v) is 13.6. The lowest BCUT2D eigenvalue weighted by Crippen LogP contribution is -2.32. The predicted octanol–water partition coefficient (Wildman–Crippen LogP) is 4.00. The summed E-state index contributed by atoms with van der Waals surface area (Å²) in [5.74, 6) is 0.0220. The van der Waals surface area contributed by atoms with Crippen molar-refractivity contribution in [1.29, 1.82) is 0 Å². The lowest BCUT2D eigenvalue weighted by molar-refractivity contribution is 0.0770. The van der Waals surface area contributed by atoms with Gasteiger partial charge in [-0.05, 0) is 42.9 Å². The van der Waals surface area contributed by atoms with E-state index in [9.17, 15) is 4.79 Å². The van der Waals surface area contributed by atoms with Crippen molar-refractivity contribution in [2.45, 2.75) is 33.1 Å². The summed E-state index contributed by atoms with van der Waals surface area (Å²) in [7, 11) is 0. The maximum Gasteiger partial charge on any atom is 0.255 e. The van der Waals surface area contributed by atoms with E-state index in [1.54, 1.807) is 18.2 Å². The smallest absolute Gasteiger partial charge is 0.255 e. The molecule has 1 amide bonds. The normalized spacial score (nSPS) is 16.9. The summed E-state index contributed by atoms with van der Waals surface area (Å²) in [6.45, 7) is 6.06. The second kappa shape index (κ2) is 6.68. The molecule has 1 aliphatic heterocycles. The van der Waals surface area contributed by atoms with Crippen molar-refractivity contribution < 1.29 is 4.79 Å². The van der Waals surface area contributed by atoms with Gasteiger partial charge in [0.05, 0.1) is 10.6 Å². The number of halogens is 2. The quantitative estimate of drug-likeness (QED) is 0.857. The standard InChI is InChI=1S/C15H21ClN2O.ClH/c1-3-15(4-2)7-8-18(10-15)14(19)12-6-5-11(17)9-13(12)16;/h5-6,9H,3-4,7-8,10,17H2,1-2H3;1H. The van der Waals surface area contributed by atoms with Crippen LogP contribution in [0.4, 0.5) is 5.69 Å². The lowest BCUT2D eigenvalue weighted by Gasteiger charge is -2.26. The van der Waals surface area contributed by atoms with Gasteiger partial charge in [-0.25, -0.2) is 0 Å². The Bertz CT molecular complexity index is 487. The summed E-state index contributed by atoms with van der Waals surface area (Å²) in [5, 5.41) is 0.440. The van der Waals surface area contributed by atoms with Gasteiger partial charge in [0.1, 0.15) is 0 Å². The molecule has 1 aromatic rings. The molecule has 1 heterocycles. The van der Waals surface area contributed by atoms with Crippen LogP contribution < -0.4 is 5.73 Å². The van der Waals surface area contributed by atoms with Crippen LogP contribution in [0.3, 0.4) is 0 Å². The molecule has 1 aromatic carbocycles. The van der Waals surface area contributed by atoms with E-state index in [2.05, 4.69) is 13.8 Å². The van der Waals surface area contributed by atoms with Crippen molar-refractivity contribution in [3.05, 3.63) is 28.8 Å². The summed E-state index contributed by atoms with van der Waals surface area (Å²) in [6.07, 6.45) is 3.31. The van der Waals surface area contributed by atoms with Crippen molar-refractivity contribution in [2.24, 2.45) is 5.41 Å². The van der Waals surface area contributed by atoms with Gasteiger partial charge in [-0.3, -0.25) is 4.79 Å². The molecule has 2 N–H and O–H groups in total. The van der Waals surface area contributed by atoms with Crippen LogP contribution in [-0.4, -0.2) is 23.9 Å². The van der Waals surface area contributed by atoms with Crippen molar-refractivity contribution in [1.82, 2.24) is 4.90 Å². The minimum absolute atomic E-state index is 0. The molecule has 2 rings (SSSR count). The number of likely N-dealkylation sites (tertiary alicyclic amines) is 1. The second-order valence-corrected chi connectivity index (χ2v) is 5.83. The first kappa shape index (κ1) is 17.1. The van der Waals surface area contributed by atoms with Gasteiger partial charge in [0.2, 0.25) is 0 Å². The Balaban J connectivity index is 0.00000200. The van der Waals surface area contributed by atoms with Crippen LogP contribution in [-0.2, 0) is 0 Å². The first-order valence-electron chi connectivity index (χ1n) is 6.85. The molecule has 112 valence electrons. The van der Waals surface area contributed by atoms with Gasteiger partial charge in [0.15, 0.2) is 0 Å². The van der Waals surface area contributed by atoms with Gasteiger partial charge in [0.25, 0.3) is 5.91 Å². The third-order valence-electron chi connectivity index (χ3n) is 4.45. The summed E-state index contributed by atoms with van der Waals surface area (Å²) >= 11 is 6.11. The fourth-order valence-electron chi connectivity index (χ4n) is 2.81. The number of carbonyl (C=O) groups excluding carboxylic acids is 1. The molecule has 3 nitrogen and oxygen atoms in total. The van der Waals surface area contributed by atoms with Crippen molar-refractivity contribution >= 4 is 35.6 Å². The molecule has 0 spiro atoms. The first-order chi connectivity index (χ1) is 9.01. The van der Waals surface area contributed by atoms with Crippen LogP contribution in [0.2, 0.25) is 5.02 Å². The first-order valence-corrected chi connectivity index (χ1v) is 7.23. The monoisotopic (exact) mass is 316 g/mol. The highest BCUT2D eigenvalue weighted by molar-refractivity contribution is 6.34. The Hall–Kier alpha value is -0.930. The summed E-state index contributed by atoms with van der Waals surface area (Å²) in [5.41, 5.74) is 7.08. The van der Waals surface area contributed by atoms with Gasteiger partial charge in [0, 0.05) is 18.8 Å². The molecule has 0 radical (unpaired) electrons. The molecular formula is C15H22Cl2N2O. The highest BCUT2D eigenvalue weighted by Crippen LogP contribution is 2.37. The molecule has 0 unspecified atom stereocenters. The minimum atomic E-state index is 0. The van der Waals surface area contributed by atoms with Crippen LogP contribution in [0, 0.1) is 5.41 Å². The van der Waals surface area contributed by atoms with Gasteiger partial charge in [-0.1, -0.05) is 25.4 Å². The zero-order valence-electron chi connectivity index (χ0n) is 12.0. The number of carbonyl (C=O) groups is 1. The maximum absolute atomic E-state index is 12.5. The number of nitrogens with two attached hydrogens (primary N) is 1.